The van der Waals surface area contributed by atoms with Crippen molar-refractivity contribution in [2.45, 2.75) is 39.0 Å². The molecule has 1 aliphatic heterocycles. The molecule has 0 spiro atoms. The van der Waals surface area contributed by atoms with Gasteiger partial charge in [-0.2, -0.15) is 0 Å². The molecule has 5 nitrogen and oxygen atoms in total. The molecule has 0 aliphatic carbocycles. The Bertz CT molecular complexity index is 217. The Balaban J connectivity index is 2.28. The average Bonchev–Trinajstić information content (AvgIpc) is 2.54. The zero-order valence-electron chi connectivity index (χ0n) is 10.1. The van der Waals surface area contributed by atoms with Crippen LogP contribution < -0.4 is 5.73 Å². The van der Waals surface area contributed by atoms with Crippen LogP contribution in [0.1, 0.15) is 26.7 Å². The Morgan fingerprint density at radius 2 is 2.06 bits per heavy atom. The third kappa shape index (κ3) is 4.08. The Kier molecular flexibility index (Phi) is 5.73. The highest BCUT2D eigenvalue weighted by atomic mass is 16.7. The molecule has 94 valence electrons. The van der Waals surface area contributed by atoms with Crippen LogP contribution >= 0.6 is 0 Å². The molecule has 5 heteroatoms. The Hall–Kier alpha value is -0.650. The number of nitrogens with two attached hydrogens (primary N) is 1. The van der Waals surface area contributed by atoms with Crippen LogP contribution in [0.25, 0.3) is 0 Å². The number of carbonyl (C=O) groups is 1. The van der Waals surface area contributed by atoms with Gasteiger partial charge in [0.05, 0.1) is 0 Å². The van der Waals surface area contributed by atoms with Crippen LogP contribution in [0.2, 0.25) is 0 Å². The van der Waals surface area contributed by atoms with Crippen molar-refractivity contribution in [1.82, 2.24) is 4.90 Å². The minimum atomic E-state index is -0.209. The molecule has 1 saturated heterocycles. The lowest BCUT2D eigenvalue weighted by molar-refractivity contribution is -0.144. The molecule has 16 heavy (non-hydrogen) atoms. The number of amides is 1. The van der Waals surface area contributed by atoms with E-state index in [1.54, 1.807) is 4.90 Å². The van der Waals surface area contributed by atoms with Crippen molar-refractivity contribution < 1.29 is 14.3 Å². The van der Waals surface area contributed by atoms with Crippen molar-refractivity contribution in [3.8, 4) is 0 Å². The van der Waals surface area contributed by atoms with Crippen molar-refractivity contribution in [3.63, 3.8) is 0 Å². The summed E-state index contributed by atoms with van der Waals surface area (Å²) in [5, 5.41) is 0. The molecule has 0 radical (unpaired) electrons. The van der Waals surface area contributed by atoms with Gasteiger partial charge in [-0.05, 0) is 13.8 Å². The quantitative estimate of drug-likeness (QED) is 0.640. The Morgan fingerprint density at radius 3 is 2.50 bits per heavy atom. The first-order valence-electron chi connectivity index (χ1n) is 5.93. The SMILES string of the molecule is CCOC(CCN1CC(N)CC1=O)OCC. The Labute approximate surface area is 96.9 Å². The summed E-state index contributed by atoms with van der Waals surface area (Å²) in [7, 11) is 0. The lowest BCUT2D eigenvalue weighted by Crippen LogP contribution is -2.32. The van der Waals surface area contributed by atoms with E-state index in [1.165, 1.54) is 0 Å². The molecule has 1 unspecified atom stereocenters. The minimum Gasteiger partial charge on any atom is -0.353 e. The maximum atomic E-state index is 11.5. The van der Waals surface area contributed by atoms with E-state index in [4.69, 9.17) is 15.2 Å². The lowest BCUT2D eigenvalue weighted by Gasteiger charge is -2.21. The summed E-state index contributed by atoms with van der Waals surface area (Å²) in [5.41, 5.74) is 5.71. The van der Waals surface area contributed by atoms with E-state index in [1.807, 2.05) is 13.8 Å². The number of ether oxygens (including phenoxy) is 2. The van der Waals surface area contributed by atoms with Gasteiger partial charge < -0.3 is 20.1 Å². The van der Waals surface area contributed by atoms with Crippen LogP contribution in [0, 0.1) is 0 Å². The molecule has 0 aromatic rings. The number of likely N-dealkylation sites (tertiary alicyclic amines) is 1. The van der Waals surface area contributed by atoms with Gasteiger partial charge in [-0.1, -0.05) is 0 Å². The average molecular weight is 230 g/mol. The second-order valence-corrected chi connectivity index (χ2v) is 3.93. The highest BCUT2D eigenvalue weighted by molar-refractivity contribution is 5.79. The molecular formula is C11H22N2O3. The summed E-state index contributed by atoms with van der Waals surface area (Å²) in [6.45, 7) is 6.43. The van der Waals surface area contributed by atoms with Gasteiger partial charge in [0.15, 0.2) is 6.29 Å². The summed E-state index contributed by atoms with van der Waals surface area (Å²) in [6, 6.07) is -0.00913. The molecular weight excluding hydrogens is 208 g/mol. The predicted molar refractivity (Wildman–Crippen MR) is 60.8 cm³/mol. The standard InChI is InChI=1S/C11H22N2O3/c1-3-15-11(16-4-2)5-6-13-8-9(12)7-10(13)14/h9,11H,3-8,12H2,1-2H3. The summed E-state index contributed by atoms with van der Waals surface area (Å²) < 4.78 is 10.8. The van der Waals surface area contributed by atoms with Crippen LogP contribution in [0.4, 0.5) is 0 Å². The molecule has 1 rings (SSSR count). The topological polar surface area (TPSA) is 64.8 Å². The van der Waals surface area contributed by atoms with E-state index in [-0.39, 0.29) is 18.2 Å². The van der Waals surface area contributed by atoms with Crippen molar-refractivity contribution >= 4 is 5.91 Å². The fraction of sp³-hybridized carbons (Fsp3) is 0.909. The fourth-order valence-corrected chi connectivity index (χ4v) is 1.87. The molecule has 1 heterocycles. The monoisotopic (exact) mass is 230 g/mol. The van der Waals surface area contributed by atoms with Gasteiger partial charge in [0.25, 0.3) is 0 Å². The summed E-state index contributed by atoms with van der Waals surface area (Å²) in [4.78, 5) is 13.3. The number of nitrogens with zero attached hydrogens (tertiary/aromatic N) is 1. The van der Waals surface area contributed by atoms with Crippen molar-refractivity contribution in [2.24, 2.45) is 5.73 Å². The minimum absolute atomic E-state index is 0.00913. The van der Waals surface area contributed by atoms with Crippen molar-refractivity contribution in [3.05, 3.63) is 0 Å². The molecule has 0 aromatic carbocycles. The normalized spacial score (nSPS) is 21.1. The van der Waals surface area contributed by atoms with Crippen LogP contribution in [-0.4, -0.2) is 49.4 Å². The van der Waals surface area contributed by atoms with E-state index in [2.05, 4.69) is 0 Å². The van der Waals surface area contributed by atoms with Crippen LogP contribution in [0.5, 0.6) is 0 Å². The predicted octanol–water partition coefficient (Wildman–Crippen LogP) is 0.335. The maximum Gasteiger partial charge on any atom is 0.224 e. The third-order valence-corrected chi connectivity index (χ3v) is 2.58. The van der Waals surface area contributed by atoms with Crippen LogP contribution in [-0.2, 0) is 14.3 Å². The van der Waals surface area contributed by atoms with Gasteiger partial charge in [0.2, 0.25) is 5.91 Å². The van der Waals surface area contributed by atoms with Gasteiger partial charge in [-0.3, -0.25) is 4.79 Å². The van der Waals surface area contributed by atoms with E-state index < -0.39 is 0 Å². The molecule has 0 aromatic heterocycles. The smallest absolute Gasteiger partial charge is 0.224 e. The number of rotatable bonds is 7. The first kappa shape index (κ1) is 13.4. The molecule has 1 amide bonds. The van der Waals surface area contributed by atoms with E-state index in [0.29, 0.717) is 39.1 Å². The summed E-state index contributed by atoms with van der Waals surface area (Å²) >= 11 is 0. The van der Waals surface area contributed by atoms with Gasteiger partial charge in [-0.25, -0.2) is 0 Å². The number of hydrogen-bond donors (Lipinski definition) is 1. The highest BCUT2D eigenvalue weighted by Gasteiger charge is 2.27. The summed E-state index contributed by atoms with van der Waals surface area (Å²) in [6.07, 6.45) is 0.966. The van der Waals surface area contributed by atoms with E-state index in [9.17, 15) is 4.79 Å². The fourth-order valence-electron chi connectivity index (χ4n) is 1.87. The largest absolute Gasteiger partial charge is 0.353 e. The summed E-state index contributed by atoms with van der Waals surface area (Å²) in [5.74, 6) is 0.138. The molecule has 2 N–H and O–H groups in total. The number of hydrogen-bond acceptors (Lipinski definition) is 4. The lowest BCUT2D eigenvalue weighted by atomic mass is 10.3. The van der Waals surface area contributed by atoms with Crippen molar-refractivity contribution in [1.29, 1.82) is 0 Å². The zero-order chi connectivity index (χ0) is 12.0. The van der Waals surface area contributed by atoms with E-state index >= 15 is 0 Å². The zero-order valence-corrected chi connectivity index (χ0v) is 10.1. The van der Waals surface area contributed by atoms with Crippen molar-refractivity contribution in [2.75, 3.05) is 26.3 Å². The van der Waals surface area contributed by atoms with Gasteiger partial charge >= 0.3 is 0 Å². The second kappa shape index (κ2) is 6.83. The second-order valence-electron chi connectivity index (χ2n) is 3.93. The van der Waals surface area contributed by atoms with Gasteiger partial charge in [0.1, 0.15) is 0 Å². The molecule has 0 bridgehead atoms. The van der Waals surface area contributed by atoms with Gasteiger partial charge in [0, 0.05) is 45.2 Å². The third-order valence-electron chi connectivity index (χ3n) is 2.58. The van der Waals surface area contributed by atoms with Crippen LogP contribution in [0.15, 0.2) is 0 Å². The van der Waals surface area contributed by atoms with Gasteiger partial charge in [-0.15, -0.1) is 0 Å². The molecule has 0 saturated carbocycles. The number of carbonyl (C=O) groups excluding carboxylic acids is 1. The first-order chi connectivity index (χ1) is 7.67. The molecule has 1 atom stereocenters. The first-order valence-corrected chi connectivity index (χ1v) is 5.93. The molecule has 1 aliphatic rings. The molecule has 1 fully saturated rings. The highest BCUT2D eigenvalue weighted by Crippen LogP contribution is 2.11. The van der Waals surface area contributed by atoms with E-state index in [0.717, 1.165) is 0 Å². The Morgan fingerprint density at radius 1 is 1.44 bits per heavy atom. The van der Waals surface area contributed by atoms with Crippen LogP contribution in [0.3, 0.4) is 0 Å². The maximum absolute atomic E-state index is 11.5.